The molecule has 1 aliphatic heterocycles. The average Bonchev–Trinajstić information content (AvgIpc) is 3.46. The first kappa shape index (κ1) is 21.4. The second-order valence-electron chi connectivity index (χ2n) is 8.36. The zero-order chi connectivity index (χ0) is 22.0. The molecule has 1 atom stereocenters. The summed E-state index contributed by atoms with van der Waals surface area (Å²) < 4.78 is 8.58. The van der Waals surface area contributed by atoms with Gasteiger partial charge in [0.15, 0.2) is 5.13 Å². The minimum atomic E-state index is -0.0871. The summed E-state index contributed by atoms with van der Waals surface area (Å²) in [5.41, 5.74) is 1.08. The van der Waals surface area contributed by atoms with Crippen LogP contribution >= 0.6 is 11.3 Å². The Balaban J connectivity index is 1.63. The lowest BCUT2D eigenvalue weighted by Gasteiger charge is -2.17. The minimum Gasteiger partial charge on any atom is -0.472 e. The lowest BCUT2D eigenvalue weighted by molar-refractivity contribution is -0.125. The van der Waals surface area contributed by atoms with E-state index < -0.39 is 0 Å². The van der Waals surface area contributed by atoms with E-state index in [1.807, 2.05) is 13.1 Å². The van der Waals surface area contributed by atoms with Crippen LogP contribution in [0, 0.1) is 12.8 Å². The first-order chi connectivity index (χ1) is 14.9. The van der Waals surface area contributed by atoms with Gasteiger partial charge in [0.1, 0.15) is 11.9 Å². The highest BCUT2D eigenvalue weighted by atomic mass is 32.1. The molecule has 1 N–H and O–H groups in total. The summed E-state index contributed by atoms with van der Waals surface area (Å²) >= 11 is 1.59. The van der Waals surface area contributed by atoms with Gasteiger partial charge in [-0.25, -0.2) is 4.98 Å². The van der Waals surface area contributed by atoms with Crippen LogP contribution < -0.4 is 10.1 Å². The molecule has 7 nitrogen and oxygen atoms in total. The fourth-order valence-corrected chi connectivity index (χ4v) is 4.41. The number of rotatable bonds is 8. The molecule has 4 heterocycles. The first-order valence-corrected chi connectivity index (χ1v) is 11.5. The lowest BCUT2D eigenvalue weighted by Crippen LogP contribution is -2.29. The molecular formula is C23H29N5O2S. The lowest BCUT2D eigenvalue weighted by atomic mass is 10.1. The number of pyridine rings is 1. The van der Waals surface area contributed by atoms with E-state index >= 15 is 0 Å². The van der Waals surface area contributed by atoms with Crippen molar-refractivity contribution >= 4 is 39.1 Å². The molecule has 0 bridgehead atoms. The number of aryl methyl sites for hydroxylation is 2. The molecule has 0 spiro atoms. The molecule has 164 valence electrons. The topological polar surface area (TPSA) is 72.3 Å². The van der Waals surface area contributed by atoms with Crippen molar-refractivity contribution in [2.75, 3.05) is 18.4 Å². The van der Waals surface area contributed by atoms with E-state index in [-0.39, 0.29) is 12.0 Å². The molecule has 0 aromatic carbocycles. The van der Waals surface area contributed by atoms with E-state index in [0.717, 1.165) is 40.3 Å². The zero-order valence-corrected chi connectivity index (χ0v) is 19.1. The molecule has 1 unspecified atom stereocenters. The third-order valence-corrected chi connectivity index (χ3v) is 6.27. The Morgan fingerprint density at radius 1 is 1.48 bits per heavy atom. The SMILES string of the molecule is C=CC(=O)N1CCC(Oc2nc(Nc3ncc(C)s3)cc3c2ccn3CCC(C)C)C1. The second kappa shape index (κ2) is 9.09. The molecule has 3 aromatic heterocycles. The number of nitrogens with zero attached hydrogens (tertiary/aromatic N) is 4. The van der Waals surface area contributed by atoms with Crippen LogP contribution in [0.3, 0.4) is 0 Å². The quantitative estimate of drug-likeness (QED) is 0.513. The molecule has 8 heteroatoms. The maximum atomic E-state index is 11.9. The van der Waals surface area contributed by atoms with Crippen LogP contribution in [0.25, 0.3) is 10.9 Å². The number of carbonyl (C=O) groups excluding carboxylic acids is 1. The second-order valence-corrected chi connectivity index (χ2v) is 9.59. The van der Waals surface area contributed by atoms with Gasteiger partial charge >= 0.3 is 0 Å². The van der Waals surface area contributed by atoms with Gasteiger partial charge in [-0.3, -0.25) is 4.79 Å². The number of hydrogen-bond acceptors (Lipinski definition) is 6. The van der Waals surface area contributed by atoms with Crippen molar-refractivity contribution in [2.45, 2.75) is 46.3 Å². The van der Waals surface area contributed by atoms with Crippen LogP contribution in [0.15, 0.2) is 37.2 Å². The highest BCUT2D eigenvalue weighted by Gasteiger charge is 2.27. The molecule has 3 aromatic rings. The van der Waals surface area contributed by atoms with E-state index in [2.05, 4.69) is 53.6 Å². The number of likely N-dealkylation sites (tertiary alicyclic amines) is 1. The summed E-state index contributed by atoms with van der Waals surface area (Å²) in [6.45, 7) is 12.2. The number of anilines is 2. The van der Waals surface area contributed by atoms with Crippen molar-refractivity contribution in [3.63, 3.8) is 0 Å². The first-order valence-electron chi connectivity index (χ1n) is 10.7. The summed E-state index contributed by atoms with van der Waals surface area (Å²) in [5, 5.41) is 5.11. The van der Waals surface area contributed by atoms with Gasteiger partial charge in [-0.1, -0.05) is 20.4 Å². The van der Waals surface area contributed by atoms with E-state index in [0.29, 0.717) is 30.7 Å². The van der Waals surface area contributed by atoms with Gasteiger partial charge in [0.2, 0.25) is 11.8 Å². The Morgan fingerprint density at radius 2 is 2.32 bits per heavy atom. The standard InChI is InChI=1S/C23H29N5O2S/c1-5-21(29)28-10-7-17(14-28)30-22-18-8-11-27(9-6-15(2)3)19(18)12-20(25-22)26-23-24-13-16(4)31-23/h5,8,11-13,15,17H,1,6-7,9-10,14H2,2-4H3,(H,24,25,26). The van der Waals surface area contributed by atoms with Crippen LogP contribution in [-0.4, -0.2) is 44.5 Å². The molecule has 1 saturated heterocycles. The number of ether oxygens (including phenoxy) is 1. The number of thiazole rings is 1. The summed E-state index contributed by atoms with van der Waals surface area (Å²) in [5.74, 6) is 1.87. The number of carbonyl (C=O) groups is 1. The highest BCUT2D eigenvalue weighted by Crippen LogP contribution is 2.32. The van der Waals surface area contributed by atoms with Gasteiger partial charge in [0.05, 0.1) is 17.4 Å². The van der Waals surface area contributed by atoms with E-state index in [9.17, 15) is 4.79 Å². The maximum absolute atomic E-state index is 11.9. The van der Waals surface area contributed by atoms with Gasteiger partial charge in [-0.05, 0) is 31.4 Å². The van der Waals surface area contributed by atoms with Crippen LogP contribution in [0.5, 0.6) is 5.88 Å². The molecule has 0 saturated carbocycles. The summed E-state index contributed by atoms with van der Waals surface area (Å²) in [6, 6.07) is 4.12. The fourth-order valence-electron chi connectivity index (χ4n) is 3.74. The zero-order valence-electron chi connectivity index (χ0n) is 18.3. The summed E-state index contributed by atoms with van der Waals surface area (Å²) in [4.78, 5) is 24.0. The highest BCUT2D eigenvalue weighted by molar-refractivity contribution is 7.15. The molecular weight excluding hydrogens is 410 g/mol. The smallest absolute Gasteiger partial charge is 0.246 e. The Bertz CT molecular complexity index is 1090. The molecule has 31 heavy (non-hydrogen) atoms. The predicted molar refractivity (Wildman–Crippen MR) is 125 cm³/mol. The van der Waals surface area contributed by atoms with Gasteiger partial charge in [-0.15, -0.1) is 11.3 Å². The minimum absolute atomic E-state index is 0.0569. The number of fused-ring (bicyclic) bond motifs is 1. The number of hydrogen-bond donors (Lipinski definition) is 1. The van der Waals surface area contributed by atoms with E-state index in [1.54, 1.807) is 16.2 Å². The van der Waals surface area contributed by atoms with Crippen molar-refractivity contribution in [2.24, 2.45) is 5.92 Å². The molecule has 1 aliphatic rings. The van der Waals surface area contributed by atoms with Gasteiger partial charge in [0.25, 0.3) is 0 Å². The van der Waals surface area contributed by atoms with Crippen LogP contribution in [0.4, 0.5) is 10.9 Å². The van der Waals surface area contributed by atoms with Crippen LogP contribution in [0.2, 0.25) is 0 Å². The predicted octanol–water partition coefficient (Wildman–Crippen LogP) is 4.76. The number of amides is 1. The third kappa shape index (κ3) is 4.90. The van der Waals surface area contributed by atoms with E-state index in [4.69, 9.17) is 9.72 Å². The fraction of sp³-hybridized carbons (Fsp3) is 0.435. The Labute approximate surface area is 186 Å². The van der Waals surface area contributed by atoms with Gasteiger partial charge in [-0.2, -0.15) is 4.98 Å². The van der Waals surface area contributed by atoms with Crippen molar-refractivity contribution in [1.82, 2.24) is 19.4 Å². The van der Waals surface area contributed by atoms with Gasteiger partial charge < -0.3 is 19.5 Å². The molecule has 4 rings (SSSR count). The maximum Gasteiger partial charge on any atom is 0.246 e. The Morgan fingerprint density at radius 3 is 3.03 bits per heavy atom. The van der Waals surface area contributed by atoms with Crippen molar-refractivity contribution < 1.29 is 9.53 Å². The molecule has 0 aliphatic carbocycles. The number of nitrogens with one attached hydrogen (secondary N) is 1. The van der Waals surface area contributed by atoms with Gasteiger partial charge in [0, 0.05) is 42.8 Å². The normalized spacial score (nSPS) is 16.3. The summed E-state index contributed by atoms with van der Waals surface area (Å²) in [7, 11) is 0. The van der Waals surface area contributed by atoms with Crippen molar-refractivity contribution in [1.29, 1.82) is 0 Å². The molecule has 1 fully saturated rings. The largest absolute Gasteiger partial charge is 0.472 e. The Kier molecular flexibility index (Phi) is 6.27. The average molecular weight is 440 g/mol. The molecule has 0 radical (unpaired) electrons. The van der Waals surface area contributed by atoms with Crippen LogP contribution in [0.1, 0.15) is 31.6 Å². The van der Waals surface area contributed by atoms with Crippen molar-refractivity contribution in [3.05, 3.63) is 42.1 Å². The monoisotopic (exact) mass is 439 g/mol. The summed E-state index contributed by atoms with van der Waals surface area (Å²) in [6.07, 6.45) is 7.09. The molecule has 1 amide bonds. The van der Waals surface area contributed by atoms with Crippen LogP contribution in [-0.2, 0) is 11.3 Å². The third-order valence-electron chi connectivity index (χ3n) is 5.45. The number of aromatic nitrogens is 3. The Hall–Kier alpha value is -2.87. The van der Waals surface area contributed by atoms with Crippen molar-refractivity contribution in [3.8, 4) is 5.88 Å². The van der Waals surface area contributed by atoms with E-state index in [1.165, 1.54) is 6.08 Å².